The summed E-state index contributed by atoms with van der Waals surface area (Å²) in [5.74, 6) is 0.0164. The fourth-order valence-electron chi connectivity index (χ4n) is 1.98. The SMILES string of the molecule is O=S1(=O)CCC(NS(=O)(=O)c2ccc(Br)cc2Cl)CC1. The van der Waals surface area contributed by atoms with Crippen molar-refractivity contribution in [3.63, 3.8) is 0 Å². The van der Waals surface area contributed by atoms with Gasteiger partial charge in [0, 0.05) is 10.5 Å². The van der Waals surface area contributed by atoms with E-state index in [1.54, 1.807) is 6.07 Å². The van der Waals surface area contributed by atoms with Crippen LogP contribution in [0.2, 0.25) is 5.02 Å². The zero-order valence-electron chi connectivity index (χ0n) is 10.3. The van der Waals surface area contributed by atoms with E-state index in [0.29, 0.717) is 4.47 Å². The van der Waals surface area contributed by atoms with Gasteiger partial charge in [0.25, 0.3) is 0 Å². The van der Waals surface area contributed by atoms with Crippen molar-refractivity contribution in [2.75, 3.05) is 11.5 Å². The topological polar surface area (TPSA) is 80.3 Å². The highest BCUT2D eigenvalue weighted by molar-refractivity contribution is 9.10. The first-order chi connectivity index (χ1) is 9.20. The summed E-state index contributed by atoms with van der Waals surface area (Å²) in [6.45, 7) is 0. The molecule has 112 valence electrons. The average Bonchev–Trinajstić information content (AvgIpc) is 2.31. The second kappa shape index (κ2) is 5.92. The fraction of sp³-hybridized carbons (Fsp3) is 0.455. The Balaban J connectivity index is 2.16. The standard InChI is InChI=1S/C11H13BrClNO4S2/c12-8-1-2-11(10(13)7-8)20(17,18)14-9-3-5-19(15,16)6-4-9/h1-2,7,9,14H,3-6H2. The third kappa shape index (κ3) is 3.94. The molecule has 1 aliphatic heterocycles. The summed E-state index contributed by atoms with van der Waals surface area (Å²) in [5.41, 5.74) is 0. The van der Waals surface area contributed by atoms with Gasteiger partial charge in [-0.25, -0.2) is 21.6 Å². The predicted molar refractivity (Wildman–Crippen MR) is 81.1 cm³/mol. The molecule has 1 fully saturated rings. The van der Waals surface area contributed by atoms with E-state index < -0.39 is 19.9 Å². The molecule has 0 aromatic heterocycles. The van der Waals surface area contributed by atoms with Crippen LogP contribution >= 0.6 is 27.5 Å². The summed E-state index contributed by atoms with van der Waals surface area (Å²) < 4.78 is 50.3. The van der Waals surface area contributed by atoms with Crippen LogP contribution in [0.5, 0.6) is 0 Å². The Morgan fingerprint density at radius 1 is 1.25 bits per heavy atom. The largest absolute Gasteiger partial charge is 0.242 e. The van der Waals surface area contributed by atoms with Gasteiger partial charge >= 0.3 is 0 Å². The normalized spacial score (nSPS) is 19.9. The third-order valence-corrected chi connectivity index (χ3v) is 7.27. The van der Waals surface area contributed by atoms with Crippen molar-refractivity contribution in [3.8, 4) is 0 Å². The maximum absolute atomic E-state index is 12.2. The summed E-state index contributed by atoms with van der Waals surface area (Å²) in [6.07, 6.45) is 0.575. The van der Waals surface area contributed by atoms with Crippen molar-refractivity contribution in [1.82, 2.24) is 4.72 Å². The Kier molecular flexibility index (Phi) is 4.80. The second-order valence-electron chi connectivity index (χ2n) is 4.62. The molecule has 0 unspecified atom stereocenters. The van der Waals surface area contributed by atoms with E-state index in [4.69, 9.17) is 11.6 Å². The molecule has 0 radical (unpaired) electrons. The van der Waals surface area contributed by atoms with Crippen molar-refractivity contribution in [3.05, 3.63) is 27.7 Å². The van der Waals surface area contributed by atoms with Gasteiger partial charge in [-0.05, 0) is 31.0 Å². The first-order valence-electron chi connectivity index (χ1n) is 5.87. The van der Waals surface area contributed by atoms with Crippen LogP contribution < -0.4 is 4.72 Å². The molecule has 1 aromatic carbocycles. The highest BCUT2D eigenvalue weighted by Gasteiger charge is 2.28. The lowest BCUT2D eigenvalue weighted by molar-refractivity contribution is 0.505. The molecule has 20 heavy (non-hydrogen) atoms. The number of sulfone groups is 1. The number of benzene rings is 1. The third-order valence-electron chi connectivity index (χ3n) is 3.06. The van der Waals surface area contributed by atoms with E-state index in [1.807, 2.05) is 0 Å². The van der Waals surface area contributed by atoms with E-state index in [0.717, 1.165) is 0 Å². The molecule has 0 spiro atoms. The number of halogens is 2. The number of sulfonamides is 1. The van der Waals surface area contributed by atoms with Crippen molar-refractivity contribution in [2.45, 2.75) is 23.8 Å². The minimum atomic E-state index is -3.74. The molecule has 2 rings (SSSR count). The van der Waals surface area contributed by atoms with Gasteiger partial charge in [0.1, 0.15) is 14.7 Å². The second-order valence-corrected chi connectivity index (χ2v) is 9.93. The van der Waals surface area contributed by atoms with Crippen LogP contribution in [0.1, 0.15) is 12.8 Å². The fourth-order valence-corrected chi connectivity index (χ4v) is 5.82. The van der Waals surface area contributed by atoms with Gasteiger partial charge in [-0.1, -0.05) is 27.5 Å². The van der Waals surface area contributed by atoms with Crippen molar-refractivity contribution < 1.29 is 16.8 Å². The Morgan fingerprint density at radius 2 is 1.85 bits per heavy atom. The average molecular weight is 403 g/mol. The van der Waals surface area contributed by atoms with Gasteiger partial charge in [-0.3, -0.25) is 0 Å². The van der Waals surface area contributed by atoms with E-state index >= 15 is 0 Å². The van der Waals surface area contributed by atoms with Crippen LogP contribution in [0.15, 0.2) is 27.6 Å². The molecule has 0 bridgehead atoms. The van der Waals surface area contributed by atoms with Gasteiger partial charge in [-0.15, -0.1) is 0 Å². The smallest absolute Gasteiger partial charge is 0.229 e. The number of hydrogen-bond donors (Lipinski definition) is 1. The lowest BCUT2D eigenvalue weighted by Gasteiger charge is -2.23. The number of hydrogen-bond acceptors (Lipinski definition) is 4. The van der Waals surface area contributed by atoms with E-state index in [-0.39, 0.29) is 40.3 Å². The summed E-state index contributed by atoms with van der Waals surface area (Å²) in [6, 6.07) is 4.13. The summed E-state index contributed by atoms with van der Waals surface area (Å²) >= 11 is 9.14. The van der Waals surface area contributed by atoms with Crippen LogP contribution in [0.3, 0.4) is 0 Å². The Morgan fingerprint density at radius 3 is 2.40 bits per heavy atom. The monoisotopic (exact) mass is 401 g/mol. The zero-order valence-corrected chi connectivity index (χ0v) is 14.3. The molecule has 1 aromatic rings. The minimum Gasteiger partial charge on any atom is -0.229 e. The Hall–Kier alpha value is -0.150. The van der Waals surface area contributed by atoms with E-state index in [2.05, 4.69) is 20.7 Å². The molecule has 0 aliphatic carbocycles. The minimum absolute atomic E-state index is 0.00389. The maximum atomic E-state index is 12.2. The summed E-state index contributed by atoms with van der Waals surface area (Å²) in [4.78, 5) is -0.00389. The molecule has 9 heteroatoms. The van der Waals surface area contributed by atoms with Crippen LogP contribution in [0.4, 0.5) is 0 Å². The summed E-state index contributed by atoms with van der Waals surface area (Å²) in [7, 11) is -6.76. The van der Waals surface area contributed by atoms with Gasteiger partial charge < -0.3 is 0 Å². The highest BCUT2D eigenvalue weighted by atomic mass is 79.9. The van der Waals surface area contributed by atoms with Crippen LogP contribution in [-0.2, 0) is 19.9 Å². The molecule has 1 N–H and O–H groups in total. The van der Waals surface area contributed by atoms with Crippen molar-refractivity contribution in [1.29, 1.82) is 0 Å². The molecule has 0 saturated carbocycles. The van der Waals surface area contributed by atoms with E-state index in [9.17, 15) is 16.8 Å². The number of rotatable bonds is 3. The van der Waals surface area contributed by atoms with Crippen molar-refractivity contribution in [2.24, 2.45) is 0 Å². The molecule has 1 aliphatic rings. The molecular formula is C11H13BrClNO4S2. The Bertz CT molecular complexity index is 704. The van der Waals surface area contributed by atoms with Crippen LogP contribution in [0, 0.1) is 0 Å². The predicted octanol–water partition coefficient (Wildman–Crippen LogP) is 1.96. The molecule has 5 nitrogen and oxygen atoms in total. The Labute approximate surface area is 131 Å². The molecule has 1 saturated heterocycles. The van der Waals surface area contributed by atoms with Gasteiger partial charge in [0.05, 0.1) is 16.5 Å². The molecule has 1 heterocycles. The van der Waals surface area contributed by atoms with E-state index in [1.165, 1.54) is 12.1 Å². The lowest BCUT2D eigenvalue weighted by atomic mass is 10.2. The van der Waals surface area contributed by atoms with Gasteiger partial charge in [0.15, 0.2) is 0 Å². The molecule has 0 atom stereocenters. The summed E-state index contributed by atoms with van der Waals surface area (Å²) in [5, 5.41) is 0.121. The molecule has 0 amide bonds. The zero-order chi connectivity index (χ0) is 15.0. The van der Waals surface area contributed by atoms with Crippen LogP contribution in [-0.4, -0.2) is 34.4 Å². The first-order valence-corrected chi connectivity index (χ1v) is 10.3. The quantitative estimate of drug-likeness (QED) is 0.838. The van der Waals surface area contributed by atoms with Crippen molar-refractivity contribution >= 4 is 47.4 Å². The first kappa shape index (κ1) is 16.2. The van der Waals surface area contributed by atoms with Gasteiger partial charge in [0.2, 0.25) is 10.0 Å². The maximum Gasteiger partial charge on any atom is 0.242 e. The van der Waals surface area contributed by atoms with Crippen LogP contribution in [0.25, 0.3) is 0 Å². The highest BCUT2D eigenvalue weighted by Crippen LogP contribution is 2.26. The lowest BCUT2D eigenvalue weighted by Crippen LogP contribution is -2.40. The molecular weight excluding hydrogens is 390 g/mol. The van der Waals surface area contributed by atoms with Gasteiger partial charge in [-0.2, -0.15) is 0 Å². The number of nitrogens with one attached hydrogen (secondary N) is 1.